The van der Waals surface area contributed by atoms with Crippen molar-refractivity contribution in [3.05, 3.63) is 18.5 Å². The molecule has 1 aromatic heterocycles. The van der Waals surface area contributed by atoms with Crippen LogP contribution in [0.25, 0.3) is 0 Å². The van der Waals surface area contributed by atoms with Crippen molar-refractivity contribution >= 4 is 15.7 Å². The van der Waals surface area contributed by atoms with Crippen LogP contribution < -0.4 is 16.0 Å². The first-order valence-electron chi connectivity index (χ1n) is 7.37. The van der Waals surface area contributed by atoms with Gasteiger partial charge in [0, 0.05) is 18.9 Å². The first-order valence-corrected chi connectivity index (χ1v) is 8.86. The van der Waals surface area contributed by atoms with E-state index in [1.165, 1.54) is 31.3 Å². The molecule has 6 nitrogen and oxygen atoms in total. The van der Waals surface area contributed by atoms with Gasteiger partial charge in [-0.2, -0.15) is 0 Å². The minimum Gasteiger partial charge on any atom is -0.323 e. The average Bonchev–Trinajstić information content (AvgIpc) is 2.45. The zero-order valence-corrected chi connectivity index (χ0v) is 13.6. The zero-order chi connectivity index (χ0) is 15.7. The second-order valence-corrected chi connectivity index (χ2v) is 7.25. The summed E-state index contributed by atoms with van der Waals surface area (Å²) in [6.07, 6.45) is 8.22. The first kappa shape index (κ1) is 17.9. The quantitative estimate of drug-likeness (QED) is 0.349. The van der Waals surface area contributed by atoms with Gasteiger partial charge in [-0.25, -0.2) is 13.1 Å². The highest BCUT2D eigenvalue weighted by atomic mass is 32.2. The Morgan fingerprint density at radius 2 is 1.95 bits per heavy atom. The molecule has 21 heavy (non-hydrogen) atoms. The summed E-state index contributed by atoms with van der Waals surface area (Å²) in [4.78, 5) is 3.91. The van der Waals surface area contributed by atoms with Crippen molar-refractivity contribution in [3.63, 3.8) is 0 Å². The van der Waals surface area contributed by atoms with Gasteiger partial charge in [-0.05, 0) is 18.4 Å². The third kappa shape index (κ3) is 6.41. The predicted octanol–water partition coefficient (Wildman–Crippen LogP) is 2.25. The fourth-order valence-electron chi connectivity index (χ4n) is 2.03. The summed E-state index contributed by atoms with van der Waals surface area (Å²) in [5.74, 6) is 6.04. The lowest BCUT2D eigenvalue weighted by Crippen LogP contribution is -2.26. The third-order valence-electron chi connectivity index (χ3n) is 3.23. The van der Waals surface area contributed by atoms with Crippen molar-refractivity contribution in [1.29, 1.82) is 0 Å². The number of pyridine rings is 1. The van der Waals surface area contributed by atoms with E-state index >= 15 is 0 Å². The van der Waals surface area contributed by atoms with E-state index < -0.39 is 10.0 Å². The van der Waals surface area contributed by atoms with E-state index in [1.807, 2.05) is 0 Å². The Balaban J connectivity index is 2.37. The number of unbranched alkanes of at least 4 members (excludes halogenated alkanes) is 3. The molecule has 7 heteroatoms. The summed E-state index contributed by atoms with van der Waals surface area (Å²) in [7, 11) is -3.56. The number of anilines is 1. The molecule has 0 saturated carbocycles. The lowest BCUT2D eigenvalue weighted by Gasteiger charge is -2.10. The number of nitrogens with zero attached hydrogens (tertiary/aromatic N) is 1. The Morgan fingerprint density at radius 1 is 1.24 bits per heavy atom. The molecule has 0 bridgehead atoms. The minimum absolute atomic E-state index is 0.0762. The van der Waals surface area contributed by atoms with Crippen LogP contribution in [-0.2, 0) is 10.0 Å². The van der Waals surface area contributed by atoms with Crippen LogP contribution >= 0.6 is 0 Å². The molecule has 120 valence electrons. The monoisotopic (exact) mass is 314 g/mol. The van der Waals surface area contributed by atoms with Crippen molar-refractivity contribution in [2.75, 3.05) is 12.0 Å². The fraction of sp³-hybridized carbons (Fsp3) is 0.643. The molecule has 0 aliphatic carbocycles. The van der Waals surface area contributed by atoms with Gasteiger partial charge in [-0.15, -0.1) is 0 Å². The topological polar surface area (TPSA) is 97.1 Å². The smallest absolute Gasteiger partial charge is 0.244 e. The largest absolute Gasteiger partial charge is 0.323 e. The van der Waals surface area contributed by atoms with Crippen molar-refractivity contribution < 1.29 is 8.42 Å². The summed E-state index contributed by atoms with van der Waals surface area (Å²) in [5, 5.41) is 0. The highest BCUT2D eigenvalue weighted by Crippen LogP contribution is 2.18. The van der Waals surface area contributed by atoms with Gasteiger partial charge in [0.2, 0.25) is 10.0 Å². The minimum atomic E-state index is -3.56. The maximum Gasteiger partial charge on any atom is 0.244 e. The molecular weight excluding hydrogens is 288 g/mol. The number of hydrogen-bond donors (Lipinski definition) is 3. The molecule has 1 rings (SSSR count). The molecule has 0 spiro atoms. The molecule has 0 amide bonds. The predicted molar refractivity (Wildman–Crippen MR) is 85.2 cm³/mol. The highest BCUT2D eigenvalue weighted by molar-refractivity contribution is 7.89. The average molecular weight is 314 g/mol. The lowest BCUT2D eigenvalue weighted by molar-refractivity contribution is 0.517. The fourth-order valence-corrected chi connectivity index (χ4v) is 3.21. The van der Waals surface area contributed by atoms with Gasteiger partial charge >= 0.3 is 0 Å². The van der Waals surface area contributed by atoms with E-state index in [9.17, 15) is 8.42 Å². The molecule has 0 saturated heterocycles. The molecule has 1 heterocycles. The summed E-state index contributed by atoms with van der Waals surface area (Å²) in [6, 6.07) is 1.53. The van der Waals surface area contributed by atoms with Crippen LogP contribution in [0.5, 0.6) is 0 Å². The SMILES string of the molecule is CC(C)CCCCCCNS(=O)(=O)c1cnccc1NN. The Morgan fingerprint density at radius 3 is 2.62 bits per heavy atom. The van der Waals surface area contributed by atoms with Gasteiger partial charge < -0.3 is 5.43 Å². The molecule has 0 radical (unpaired) electrons. The molecule has 0 atom stereocenters. The van der Waals surface area contributed by atoms with Crippen molar-refractivity contribution in [3.8, 4) is 0 Å². The molecule has 0 aliphatic rings. The van der Waals surface area contributed by atoms with Crippen LogP contribution in [0, 0.1) is 5.92 Å². The Hall–Kier alpha value is -1.18. The molecule has 0 aromatic carbocycles. The number of aromatic nitrogens is 1. The number of sulfonamides is 1. The number of rotatable bonds is 10. The van der Waals surface area contributed by atoms with Gasteiger partial charge in [0.05, 0.1) is 5.69 Å². The standard InChI is InChI=1S/C14H26N4O2S/c1-12(2)7-5-3-4-6-9-17-21(19,20)14-11-16-10-8-13(14)18-15/h8,10-12,17H,3-7,9,15H2,1-2H3,(H,16,18). The summed E-state index contributed by atoms with van der Waals surface area (Å²) < 4.78 is 26.9. The number of nitrogens with one attached hydrogen (secondary N) is 2. The van der Waals surface area contributed by atoms with Crippen LogP contribution in [0.3, 0.4) is 0 Å². The van der Waals surface area contributed by atoms with E-state index in [2.05, 4.69) is 29.0 Å². The van der Waals surface area contributed by atoms with Crippen LogP contribution in [-0.4, -0.2) is 19.9 Å². The van der Waals surface area contributed by atoms with E-state index in [-0.39, 0.29) is 4.90 Å². The molecule has 0 unspecified atom stereocenters. The molecule has 0 aliphatic heterocycles. The Labute approximate surface area is 127 Å². The van der Waals surface area contributed by atoms with Crippen LogP contribution in [0.1, 0.15) is 46.0 Å². The molecule has 4 N–H and O–H groups in total. The van der Waals surface area contributed by atoms with Gasteiger partial charge in [-0.3, -0.25) is 10.8 Å². The maximum absolute atomic E-state index is 12.1. The lowest BCUT2D eigenvalue weighted by atomic mass is 10.0. The summed E-state index contributed by atoms with van der Waals surface area (Å²) in [5.41, 5.74) is 2.71. The van der Waals surface area contributed by atoms with E-state index in [0.717, 1.165) is 25.2 Å². The van der Waals surface area contributed by atoms with E-state index in [4.69, 9.17) is 5.84 Å². The van der Waals surface area contributed by atoms with E-state index in [0.29, 0.717) is 12.2 Å². The number of hydrazine groups is 1. The molecule has 0 fully saturated rings. The number of nitrogens with two attached hydrogens (primary N) is 1. The van der Waals surface area contributed by atoms with Crippen molar-refractivity contribution in [2.45, 2.75) is 50.8 Å². The van der Waals surface area contributed by atoms with Crippen LogP contribution in [0.15, 0.2) is 23.4 Å². The van der Waals surface area contributed by atoms with Gasteiger partial charge in [0.25, 0.3) is 0 Å². The zero-order valence-electron chi connectivity index (χ0n) is 12.8. The summed E-state index contributed by atoms with van der Waals surface area (Å²) in [6.45, 7) is 4.86. The second-order valence-electron chi connectivity index (χ2n) is 5.51. The van der Waals surface area contributed by atoms with Crippen molar-refractivity contribution in [1.82, 2.24) is 9.71 Å². The van der Waals surface area contributed by atoms with Gasteiger partial charge in [0.1, 0.15) is 4.90 Å². The van der Waals surface area contributed by atoms with Gasteiger partial charge in [-0.1, -0.05) is 39.5 Å². The first-order chi connectivity index (χ1) is 9.97. The second kappa shape index (κ2) is 8.96. The molecule has 1 aromatic rings. The Kier molecular flexibility index (Phi) is 7.63. The molecular formula is C14H26N4O2S. The van der Waals surface area contributed by atoms with Gasteiger partial charge in [0.15, 0.2) is 0 Å². The maximum atomic E-state index is 12.1. The van der Waals surface area contributed by atoms with E-state index in [1.54, 1.807) is 0 Å². The van der Waals surface area contributed by atoms with Crippen LogP contribution in [0.2, 0.25) is 0 Å². The Bertz CT molecular complexity index is 517. The highest BCUT2D eigenvalue weighted by Gasteiger charge is 2.17. The summed E-state index contributed by atoms with van der Waals surface area (Å²) >= 11 is 0. The normalized spacial score (nSPS) is 11.8. The van der Waals surface area contributed by atoms with Crippen molar-refractivity contribution in [2.24, 2.45) is 11.8 Å². The number of nitrogen functional groups attached to an aromatic ring is 1. The number of hydrogen-bond acceptors (Lipinski definition) is 5. The third-order valence-corrected chi connectivity index (χ3v) is 4.72. The van der Waals surface area contributed by atoms with Crippen LogP contribution in [0.4, 0.5) is 5.69 Å².